The summed E-state index contributed by atoms with van der Waals surface area (Å²) in [5.41, 5.74) is 1.14. The van der Waals surface area contributed by atoms with Gasteiger partial charge in [-0.05, 0) is 38.0 Å². The van der Waals surface area contributed by atoms with Gasteiger partial charge in [-0.25, -0.2) is 0 Å². The first-order valence-electron chi connectivity index (χ1n) is 9.03. The molecule has 1 aromatic rings. The zero-order valence-electron chi connectivity index (χ0n) is 15.6. The summed E-state index contributed by atoms with van der Waals surface area (Å²) in [6.45, 7) is 7.95. The first-order valence-corrected chi connectivity index (χ1v) is 9.03. The molecule has 1 heterocycles. The summed E-state index contributed by atoms with van der Waals surface area (Å²) in [5.74, 6) is 2.13. The first kappa shape index (κ1) is 19.5. The van der Waals surface area contributed by atoms with Crippen LogP contribution in [0.1, 0.15) is 18.9 Å². The van der Waals surface area contributed by atoms with Gasteiger partial charge in [0.2, 0.25) is 0 Å². The van der Waals surface area contributed by atoms with E-state index in [1.54, 1.807) is 0 Å². The molecule has 0 aromatic heterocycles. The van der Waals surface area contributed by atoms with Gasteiger partial charge < -0.3 is 24.8 Å². The highest BCUT2D eigenvalue weighted by Gasteiger charge is 2.19. The molecule has 2 N–H and O–H groups in total. The maximum absolute atomic E-state index is 10.2. The van der Waals surface area contributed by atoms with Crippen molar-refractivity contribution in [3.8, 4) is 5.75 Å². The average Bonchev–Trinajstić information content (AvgIpc) is 3.09. The number of aliphatic imine (C=N–C) groups is 1. The lowest BCUT2D eigenvalue weighted by Gasteiger charge is -2.24. The number of guanidine groups is 1. The first-order chi connectivity index (χ1) is 12.1. The minimum absolute atomic E-state index is 0.229. The van der Waals surface area contributed by atoms with Crippen molar-refractivity contribution in [2.75, 3.05) is 46.5 Å². The molecule has 0 amide bonds. The molecular formula is C19H31N3O3. The van der Waals surface area contributed by atoms with Gasteiger partial charge in [-0.3, -0.25) is 4.99 Å². The van der Waals surface area contributed by atoms with Gasteiger partial charge >= 0.3 is 0 Å². The minimum atomic E-state index is -0.641. The summed E-state index contributed by atoms with van der Waals surface area (Å²) in [6, 6.07) is 7.81. The Morgan fingerprint density at radius 1 is 1.52 bits per heavy atom. The second-order valence-electron chi connectivity index (χ2n) is 6.59. The number of aliphatic hydroxyl groups excluding tert-OH is 1. The summed E-state index contributed by atoms with van der Waals surface area (Å²) in [6.07, 6.45) is 0.453. The third-order valence-corrected chi connectivity index (χ3v) is 4.14. The fourth-order valence-electron chi connectivity index (χ4n) is 2.81. The number of rotatable bonds is 8. The van der Waals surface area contributed by atoms with Crippen molar-refractivity contribution in [2.45, 2.75) is 26.4 Å². The highest BCUT2D eigenvalue weighted by molar-refractivity contribution is 5.79. The van der Waals surface area contributed by atoms with E-state index in [9.17, 15) is 5.11 Å². The molecule has 0 aliphatic carbocycles. The maximum Gasteiger partial charge on any atom is 0.193 e. The van der Waals surface area contributed by atoms with Gasteiger partial charge in [0.05, 0.1) is 13.2 Å². The van der Waals surface area contributed by atoms with Crippen LogP contribution in [0.25, 0.3) is 0 Å². The zero-order valence-corrected chi connectivity index (χ0v) is 15.6. The second-order valence-corrected chi connectivity index (χ2v) is 6.59. The summed E-state index contributed by atoms with van der Waals surface area (Å²) < 4.78 is 11.1. The molecule has 140 valence electrons. The van der Waals surface area contributed by atoms with Crippen molar-refractivity contribution in [1.82, 2.24) is 10.2 Å². The zero-order chi connectivity index (χ0) is 18.1. The van der Waals surface area contributed by atoms with Gasteiger partial charge in [-0.15, -0.1) is 0 Å². The lowest BCUT2D eigenvalue weighted by Crippen LogP contribution is -2.42. The molecule has 0 spiro atoms. The Labute approximate surface area is 150 Å². The number of nitrogens with one attached hydrogen (secondary N) is 1. The SMILES string of the molecule is CCNC(=NCC(O)COc1cccc(C)c1)N(C)CC1CCOC1. The Kier molecular flexibility index (Phi) is 8.01. The third kappa shape index (κ3) is 6.92. The van der Waals surface area contributed by atoms with Crippen LogP contribution in [-0.2, 0) is 4.74 Å². The molecule has 25 heavy (non-hydrogen) atoms. The fourth-order valence-corrected chi connectivity index (χ4v) is 2.81. The van der Waals surface area contributed by atoms with E-state index in [2.05, 4.69) is 15.2 Å². The molecule has 6 nitrogen and oxygen atoms in total. The number of hydrogen-bond acceptors (Lipinski definition) is 4. The van der Waals surface area contributed by atoms with Gasteiger partial charge in [-0.1, -0.05) is 12.1 Å². The summed E-state index contributed by atoms with van der Waals surface area (Å²) in [7, 11) is 2.02. The lowest BCUT2D eigenvalue weighted by molar-refractivity contribution is 0.114. The van der Waals surface area contributed by atoms with Crippen molar-refractivity contribution in [1.29, 1.82) is 0 Å². The molecule has 1 aliphatic rings. The number of nitrogens with zero attached hydrogens (tertiary/aromatic N) is 2. The molecular weight excluding hydrogens is 318 g/mol. The minimum Gasteiger partial charge on any atom is -0.491 e. The topological polar surface area (TPSA) is 66.3 Å². The summed E-state index contributed by atoms with van der Waals surface area (Å²) >= 11 is 0. The van der Waals surface area contributed by atoms with E-state index in [1.165, 1.54) is 0 Å². The Hall–Kier alpha value is -1.79. The van der Waals surface area contributed by atoms with E-state index in [0.29, 0.717) is 12.5 Å². The Balaban J connectivity index is 1.81. The van der Waals surface area contributed by atoms with E-state index in [1.807, 2.05) is 45.2 Å². The van der Waals surface area contributed by atoms with Gasteiger partial charge in [0.25, 0.3) is 0 Å². The van der Waals surface area contributed by atoms with Crippen LogP contribution in [0.5, 0.6) is 5.75 Å². The van der Waals surface area contributed by atoms with E-state index < -0.39 is 6.10 Å². The van der Waals surface area contributed by atoms with Crippen LogP contribution in [0.15, 0.2) is 29.3 Å². The van der Waals surface area contributed by atoms with Crippen LogP contribution >= 0.6 is 0 Å². The smallest absolute Gasteiger partial charge is 0.193 e. The Morgan fingerprint density at radius 3 is 3.04 bits per heavy atom. The van der Waals surface area contributed by atoms with Crippen molar-refractivity contribution < 1.29 is 14.6 Å². The van der Waals surface area contributed by atoms with Crippen LogP contribution in [-0.4, -0.2) is 68.6 Å². The van der Waals surface area contributed by atoms with E-state index in [4.69, 9.17) is 9.47 Å². The van der Waals surface area contributed by atoms with Crippen LogP contribution in [0, 0.1) is 12.8 Å². The summed E-state index contributed by atoms with van der Waals surface area (Å²) in [5, 5.41) is 13.4. The lowest BCUT2D eigenvalue weighted by atomic mass is 10.1. The number of aryl methyl sites for hydroxylation is 1. The van der Waals surface area contributed by atoms with Crippen molar-refractivity contribution in [3.05, 3.63) is 29.8 Å². The average molecular weight is 349 g/mol. The van der Waals surface area contributed by atoms with Gasteiger partial charge in [-0.2, -0.15) is 0 Å². The molecule has 0 saturated carbocycles. The standard InChI is InChI=1S/C19H31N3O3/c1-4-20-19(22(3)12-16-8-9-24-13-16)21-11-17(23)14-25-18-7-5-6-15(2)10-18/h5-7,10,16-17,23H,4,8-9,11-14H2,1-3H3,(H,20,21). The largest absolute Gasteiger partial charge is 0.491 e. The number of hydrogen-bond donors (Lipinski definition) is 2. The number of ether oxygens (including phenoxy) is 2. The quantitative estimate of drug-likeness (QED) is 0.552. The van der Waals surface area contributed by atoms with E-state index in [0.717, 1.165) is 50.0 Å². The molecule has 1 fully saturated rings. The van der Waals surface area contributed by atoms with Crippen molar-refractivity contribution in [3.63, 3.8) is 0 Å². The Morgan fingerprint density at radius 2 is 2.36 bits per heavy atom. The summed E-state index contributed by atoms with van der Waals surface area (Å²) in [4.78, 5) is 6.65. The predicted molar refractivity (Wildman–Crippen MR) is 100 cm³/mol. The molecule has 1 aromatic carbocycles. The van der Waals surface area contributed by atoms with E-state index in [-0.39, 0.29) is 6.61 Å². The molecule has 0 bridgehead atoms. The molecule has 2 atom stereocenters. The Bertz CT molecular complexity index is 544. The second kappa shape index (κ2) is 10.3. The normalized spacial score (nSPS) is 18.9. The monoisotopic (exact) mass is 349 g/mol. The highest BCUT2D eigenvalue weighted by Crippen LogP contribution is 2.14. The molecule has 2 unspecified atom stereocenters. The molecule has 0 radical (unpaired) electrons. The van der Waals surface area contributed by atoms with Crippen molar-refractivity contribution in [2.24, 2.45) is 10.9 Å². The molecule has 1 saturated heterocycles. The highest BCUT2D eigenvalue weighted by atomic mass is 16.5. The van der Waals surface area contributed by atoms with Crippen LogP contribution in [0.4, 0.5) is 0 Å². The molecule has 2 rings (SSSR count). The van der Waals surface area contributed by atoms with Gasteiger partial charge in [0.1, 0.15) is 18.5 Å². The third-order valence-electron chi connectivity index (χ3n) is 4.14. The van der Waals surface area contributed by atoms with Crippen molar-refractivity contribution >= 4 is 5.96 Å². The van der Waals surface area contributed by atoms with Gasteiger partial charge in [0, 0.05) is 32.7 Å². The fraction of sp³-hybridized carbons (Fsp3) is 0.632. The van der Waals surface area contributed by atoms with Gasteiger partial charge in [0.15, 0.2) is 5.96 Å². The van der Waals surface area contributed by atoms with E-state index >= 15 is 0 Å². The number of benzene rings is 1. The molecule has 1 aliphatic heterocycles. The van der Waals surface area contributed by atoms with Crippen LogP contribution < -0.4 is 10.1 Å². The predicted octanol–water partition coefficient (Wildman–Crippen LogP) is 1.67. The van der Waals surface area contributed by atoms with Crippen LogP contribution in [0.3, 0.4) is 0 Å². The van der Waals surface area contributed by atoms with Crippen LogP contribution in [0.2, 0.25) is 0 Å². The number of aliphatic hydroxyl groups is 1. The molecule has 6 heteroatoms. The maximum atomic E-state index is 10.2.